The van der Waals surface area contributed by atoms with Crippen molar-refractivity contribution in [2.45, 2.75) is 0 Å². The number of furan rings is 1. The Morgan fingerprint density at radius 1 is 0.245 bits per heavy atom. The molecular weight excluding hydrogens is 1200 g/mol. The van der Waals surface area contributed by atoms with Crippen LogP contribution in [0.25, 0.3) is 193 Å². The smallest absolute Gasteiger partial charge is 0.165 e. The largest absolute Gasteiger partial charge is 0.455 e. The maximum atomic E-state index is 6.55. The molecule has 0 saturated heterocycles. The molecule has 0 aliphatic rings. The second kappa shape index (κ2) is 22.1. The lowest BCUT2D eigenvalue weighted by molar-refractivity contribution is 0.673. The first-order valence-corrected chi connectivity index (χ1v) is 33.1. The average molecular weight is 1250 g/mol. The Morgan fingerprint density at radius 2 is 0.653 bits per heavy atom. The van der Waals surface area contributed by atoms with Crippen molar-refractivity contribution < 1.29 is 4.42 Å². The topological polar surface area (TPSA) is 92.4 Å². The van der Waals surface area contributed by atoms with Crippen LogP contribution in [-0.4, -0.2) is 38.6 Å². The van der Waals surface area contributed by atoms with E-state index in [0.717, 1.165) is 111 Å². The summed E-state index contributed by atoms with van der Waals surface area (Å²) in [5, 5.41) is 16.5. The number of para-hydroxylation sites is 6. The number of nitrogens with zero attached hydrogens (tertiary/aromatic N) is 8. The van der Waals surface area contributed by atoms with Crippen LogP contribution in [0.2, 0.25) is 0 Å². The summed E-state index contributed by atoms with van der Waals surface area (Å²) in [7, 11) is 0. The van der Waals surface area contributed by atoms with Crippen LogP contribution in [0.5, 0.6) is 0 Å². The molecule has 6 heterocycles. The van der Waals surface area contributed by atoms with Crippen molar-refractivity contribution in [2.75, 3.05) is 0 Å². The van der Waals surface area contributed by atoms with Gasteiger partial charge in [0.15, 0.2) is 23.3 Å². The molecule has 15 aromatic carbocycles. The zero-order valence-corrected chi connectivity index (χ0v) is 52.7. The number of hydrogen-bond donors (Lipinski definition) is 0. The molecule has 9 nitrogen and oxygen atoms in total. The quantitative estimate of drug-likeness (QED) is 0.158. The van der Waals surface area contributed by atoms with Crippen LogP contribution < -0.4 is 0 Å². The molecule has 6 aromatic heterocycles. The number of fused-ring (bicyclic) bond motifs is 22. The lowest BCUT2D eigenvalue weighted by Crippen LogP contribution is -2.04. The van der Waals surface area contributed by atoms with E-state index in [0.29, 0.717) is 17.5 Å². The van der Waals surface area contributed by atoms with E-state index in [4.69, 9.17) is 29.3 Å². The number of rotatable bonds is 7. The van der Waals surface area contributed by atoms with E-state index in [1.165, 1.54) is 65.0 Å². The Labute approximate surface area is 560 Å². The molecule has 456 valence electrons. The van der Waals surface area contributed by atoms with Crippen LogP contribution in [-0.2, 0) is 0 Å². The van der Waals surface area contributed by atoms with Crippen LogP contribution in [0.1, 0.15) is 0 Å². The summed E-state index contributed by atoms with van der Waals surface area (Å²) in [6.07, 6.45) is 0. The van der Waals surface area contributed by atoms with Crippen LogP contribution in [0.4, 0.5) is 0 Å². The first-order valence-electron chi connectivity index (χ1n) is 33.1. The molecule has 0 spiro atoms. The highest BCUT2D eigenvalue weighted by Crippen LogP contribution is 2.49. The summed E-state index contributed by atoms with van der Waals surface area (Å²) in [6.45, 7) is 0. The van der Waals surface area contributed by atoms with Gasteiger partial charge in [-0.2, -0.15) is 0 Å². The van der Waals surface area contributed by atoms with E-state index in [-0.39, 0.29) is 0 Å². The summed E-state index contributed by atoms with van der Waals surface area (Å²) < 4.78 is 13.8. The minimum absolute atomic E-state index is 0.626. The zero-order valence-electron chi connectivity index (χ0n) is 52.7. The van der Waals surface area contributed by atoms with Gasteiger partial charge in [-0.1, -0.05) is 267 Å². The molecule has 0 fully saturated rings. The highest BCUT2D eigenvalue weighted by Gasteiger charge is 2.28. The van der Waals surface area contributed by atoms with Crippen LogP contribution in [0, 0.1) is 0 Å². The fourth-order valence-electron chi connectivity index (χ4n) is 15.2. The third kappa shape index (κ3) is 8.56. The lowest BCUT2D eigenvalue weighted by atomic mass is 9.99. The molecule has 21 aromatic rings. The highest BCUT2D eigenvalue weighted by molar-refractivity contribution is 6.38. The Morgan fingerprint density at radius 3 is 1.24 bits per heavy atom. The lowest BCUT2D eigenvalue weighted by Gasteiger charge is -2.14. The molecule has 0 atom stereocenters. The van der Waals surface area contributed by atoms with Gasteiger partial charge < -0.3 is 13.6 Å². The molecule has 98 heavy (non-hydrogen) atoms. The van der Waals surface area contributed by atoms with E-state index in [1.807, 2.05) is 97.1 Å². The predicted molar refractivity (Wildman–Crippen MR) is 404 cm³/mol. The number of benzene rings is 15. The fraction of sp³-hybridized carbons (Fsp3) is 0. The molecule has 0 N–H and O–H groups in total. The highest BCUT2D eigenvalue weighted by atomic mass is 16.3. The maximum Gasteiger partial charge on any atom is 0.165 e. The van der Waals surface area contributed by atoms with Gasteiger partial charge in [-0.25, -0.2) is 24.9 Å². The Bertz CT molecular complexity index is 6750. The molecule has 0 saturated carbocycles. The van der Waals surface area contributed by atoms with Gasteiger partial charge in [-0.3, -0.25) is 4.57 Å². The van der Waals surface area contributed by atoms with Crippen molar-refractivity contribution in [2.24, 2.45) is 0 Å². The van der Waals surface area contributed by atoms with Crippen molar-refractivity contribution >= 4 is 131 Å². The van der Waals surface area contributed by atoms with Crippen LogP contribution in [0.15, 0.2) is 332 Å². The molecule has 0 radical (unpaired) electrons. The first-order chi connectivity index (χ1) is 48.6. The monoisotopic (exact) mass is 1250 g/mol. The summed E-state index contributed by atoms with van der Waals surface area (Å²) in [4.78, 5) is 25.6. The van der Waals surface area contributed by atoms with E-state index in [1.54, 1.807) is 0 Å². The fourth-order valence-corrected chi connectivity index (χ4v) is 15.2. The summed E-state index contributed by atoms with van der Waals surface area (Å²) in [5.74, 6) is 2.72. The Hall–Kier alpha value is -13.4. The van der Waals surface area contributed by atoms with E-state index in [2.05, 4.69) is 244 Å². The van der Waals surface area contributed by atoms with Gasteiger partial charge in [0, 0.05) is 98.3 Å². The molecule has 21 rings (SSSR count). The van der Waals surface area contributed by atoms with Crippen molar-refractivity contribution in [3.05, 3.63) is 328 Å². The maximum absolute atomic E-state index is 6.55. The average Bonchev–Trinajstić information content (AvgIpc) is 1.54. The number of hydrogen-bond acceptors (Lipinski definition) is 6. The minimum atomic E-state index is 0.626. The minimum Gasteiger partial charge on any atom is -0.455 e. The second-order valence-corrected chi connectivity index (χ2v) is 25.0. The van der Waals surface area contributed by atoms with E-state index in [9.17, 15) is 0 Å². The predicted octanol–water partition coefficient (Wildman–Crippen LogP) is 22.8. The molecule has 9 heteroatoms. The van der Waals surface area contributed by atoms with Crippen molar-refractivity contribution in [3.8, 4) is 62.6 Å². The van der Waals surface area contributed by atoms with Gasteiger partial charge in [-0.15, -0.1) is 0 Å². The molecule has 0 aliphatic heterocycles. The van der Waals surface area contributed by atoms with Crippen LogP contribution in [0.3, 0.4) is 0 Å². The second-order valence-electron chi connectivity index (χ2n) is 25.0. The summed E-state index contributed by atoms with van der Waals surface area (Å²) in [5.41, 5.74) is 17.3. The third-order valence-electron chi connectivity index (χ3n) is 19.4. The third-order valence-corrected chi connectivity index (χ3v) is 19.4. The molecule has 0 amide bonds. The van der Waals surface area contributed by atoms with Gasteiger partial charge in [0.25, 0.3) is 0 Å². The van der Waals surface area contributed by atoms with Crippen molar-refractivity contribution in [1.82, 2.24) is 38.6 Å². The standard InChI is InChI=1S/C53H33N5.C36H21N3O/c1-3-17-35(18-4-1)51-54-52(36-19-5-2-6-20-36)56-53(55-51)38-22-15-23-39(33-38)57-45-28-13-11-26-43(45)47-48-44-27-12-14-29-46(44)58(40-31-30-34-16-7-8-21-37(34)32-40)50(48)42-25-10-9-24-41(42)49(47)57;1-2-12-22(13-3-1)33-36(38-28-19-9-8-18-27(28)37-33)39-29-20-10-6-16-25(29)31-32-26-17-7-11-21-30(26)40-35(32)24-15-5-4-14-23(24)34(31)39/h1-33H;1-21H. The van der Waals surface area contributed by atoms with Gasteiger partial charge >= 0.3 is 0 Å². The van der Waals surface area contributed by atoms with Gasteiger partial charge in [-0.05, 0) is 71.4 Å². The Kier molecular flexibility index (Phi) is 12.4. The van der Waals surface area contributed by atoms with E-state index < -0.39 is 0 Å². The van der Waals surface area contributed by atoms with Gasteiger partial charge in [0.05, 0.1) is 44.1 Å². The molecule has 0 unspecified atom stereocenters. The summed E-state index contributed by atoms with van der Waals surface area (Å²) >= 11 is 0. The van der Waals surface area contributed by atoms with Crippen molar-refractivity contribution in [3.63, 3.8) is 0 Å². The van der Waals surface area contributed by atoms with Crippen LogP contribution >= 0.6 is 0 Å². The molecule has 0 aliphatic carbocycles. The van der Waals surface area contributed by atoms with Gasteiger partial charge in [0.2, 0.25) is 0 Å². The van der Waals surface area contributed by atoms with Crippen molar-refractivity contribution in [1.29, 1.82) is 0 Å². The van der Waals surface area contributed by atoms with Gasteiger partial charge in [0.1, 0.15) is 16.9 Å². The first kappa shape index (κ1) is 55.1. The molecule has 0 bridgehead atoms. The number of aromatic nitrogens is 8. The van der Waals surface area contributed by atoms with E-state index >= 15 is 0 Å². The normalized spacial score (nSPS) is 11.9. The zero-order chi connectivity index (χ0) is 64.4. The SMILES string of the molecule is c1ccc(-c2nc(-c3ccccc3)nc(-c3cccc(-n4c5ccccc5c5c6c7ccccc7n(-c7ccc8ccccc8c7)c6c6ccccc6c54)c3)n2)cc1.c1ccc(-c2nc3ccccc3nc2-n2c3ccccc3c3c4c5ccccc5oc4c4ccccc4c32)cc1. The Balaban J connectivity index is 0.000000142. The summed E-state index contributed by atoms with van der Waals surface area (Å²) in [6, 6.07) is 115. The molecular formula is C89H54N8O.